The fourth-order valence-electron chi connectivity index (χ4n) is 2.05. The summed E-state index contributed by atoms with van der Waals surface area (Å²) in [7, 11) is 3.13. The fraction of sp³-hybridized carbons (Fsp3) is 0.538. The van der Waals surface area contributed by atoms with E-state index < -0.39 is 0 Å². The fourth-order valence-corrected chi connectivity index (χ4v) is 2.05. The lowest BCUT2D eigenvalue weighted by molar-refractivity contribution is 0.0618. The second kappa shape index (κ2) is 5.99. The maximum atomic E-state index is 11.5. The number of carbonyl (C=O) groups excluding carboxylic acids is 1. The van der Waals surface area contributed by atoms with Crippen LogP contribution in [-0.2, 0) is 6.54 Å². The van der Waals surface area contributed by atoms with Crippen molar-refractivity contribution in [3.8, 4) is 5.75 Å². The van der Waals surface area contributed by atoms with Crippen LogP contribution in [0.25, 0.3) is 0 Å². The van der Waals surface area contributed by atoms with Gasteiger partial charge in [-0.15, -0.1) is 0 Å². The van der Waals surface area contributed by atoms with Crippen molar-refractivity contribution in [1.29, 1.82) is 0 Å². The second-order valence-corrected chi connectivity index (χ2v) is 4.66. The van der Waals surface area contributed by atoms with Crippen LogP contribution in [-0.4, -0.2) is 42.3 Å². The average Bonchev–Trinajstić information content (AvgIpc) is 2.41. The summed E-state index contributed by atoms with van der Waals surface area (Å²) in [6, 6.07) is 1.98. The van der Waals surface area contributed by atoms with Crippen LogP contribution in [0.5, 0.6) is 5.75 Å². The third-order valence-corrected chi connectivity index (χ3v) is 3.32. The minimum absolute atomic E-state index is 0.173. The van der Waals surface area contributed by atoms with Crippen LogP contribution in [0, 0.1) is 0 Å². The molecule has 104 valence electrons. The van der Waals surface area contributed by atoms with Gasteiger partial charge < -0.3 is 20.5 Å². The summed E-state index contributed by atoms with van der Waals surface area (Å²) in [5.74, 6) is 0.404. The zero-order valence-corrected chi connectivity index (χ0v) is 11.1. The number of aliphatic hydroxyl groups is 1. The number of methoxy groups -OCH3 is 1. The first-order valence-corrected chi connectivity index (χ1v) is 6.30. The van der Waals surface area contributed by atoms with Crippen LogP contribution in [0.4, 0.5) is 0 Å². The predicted molar refractivity (Wildman–Crippen MR) is 70.0 cm³/mol. The molecule has 6 nitrogen and oxygen atoms in total. The van der Waals surface area contributed by atoms with Gasteiger partial charge in [0.2, 0.25) is 0 Å². The maximum Gasteiger partial charge on any atom is 0.269 e. The molecule has 1 aliphatic rings. The van der Waals surface area contributed by atoms with Gasteiger partial charge in [-0.2, -0.15) is 0 Å². The number of amides is 1. The molecule has 0 unspecified atom stereocenters. The molecule has 1 aromatic rings. The van der Waals surface area contributed by atoms with E-state index in [1.807, 2.05) is 0 Å². The Labute approximate surface area is 112 Å². The summed E-state index contributed by atoms with van der Waals surface area (Å²) in [5, 5.41) is 15.1. The molecule has 0 aromatic carbocycles. The topological polar surface area (TPSA) is 83.5 Å². The van der Waals surface area contributed by atoms with E-state index >= 15 is 0 Å². The highest BCUT2D eigenvalue weighted by atomic mass is 16.5. The molecule has 3 N–H and O–H groups in total. The molecule has 1 aliphatic carbocycles. The number of aliphatic hydroxyl groups excluding tert-OH is 1. The molecule has 2 rings (SSSR count). The summed E-state index contributed by atoms with van der Waals surface area (Å²) in [6.07, 6.45) is 3.04. The van der Waals surface area contributed by atoms with E-state index in [4.69, 9.17) is 4.74 Å². The number of ether oxygens (including phenoxy) is 1. The summed E-state index contributed by atoms with van der Waals surface area (Å²) in [6.45, 7) is 0.613. The third-order valence-electron chi connectivity index (χ3n) is 3.32. The first-order valence-electron chi connectivity index (χ1n) is 6.30. The van der Waals surface area contributed by atoms with Crippen molar-refractivity contribution in [2.24, 2.45) is 0 Å². The number of hydrogen-bond acceptors (Lipinski definition) is 5. The van der Waals surface area contributed by atoms with Gasteiger partial charge in [-0.25, -0.2) is 0 Å². The molecule has 0 radical (unpaired) electrons. The molecular formula is C13H19N3O3. The lowest BCUT2D eigenvalue weighted by Gasteiger charge is -2.32. The first kappa shape index (κ1) is 13.8. The van der Waals surface area contributed by atoms with Gasteiger partial charge in [0.1, 0.15) is 11.4 Å². The van der Waals surface area contributed by atoms with Crippen molar-refractivity contribution in [2.45, 2.75) is 31.5 Å². The molecule has 6 heteroatoms. The Morgan fingerprint density at radius 2 is 2.32 bits per heavy atom. The van der Waals surface area contributed by atoms with E-state index in [0.717, 1.165) is 18.4 Å². The summed E-state index contributed by atoms with van der Waals surface area (Å²) < 4.78 is 5.28. The normalized spacial score (nSPS) is 21.6. The minimum atomic E-state index is -0.236. The summed E-state index contributed by atoms with van der Waals surface area (Å²) in [5.41, 5.74) is 1.23. The zero-order valence-electron chi connectivity index (χ0n) is 11.1. The molecule has 0 aliphatic heterocycles. The van der Waals surface area contributed by atoms with Gasteiger partial charge >= 0.3 is 0 Å². The molecule has 1 amide bonds. The van der Waals surface area contributed by atoms with Crippen molar-refractivity contribution < 1.29 is 14.6 Å². The Kier molecular flexibility index (Phi) is 4.34. The monoisotopic (exact) mass is 265 g/mol. The Hall–Kier alpha value is -1.66. The van der Waals surface area contributed by atoms with E-state index in [2.05, 4.69) is 15.6 Å². The second-order valence-electron chi connectivity index (χ2n) is 4.66. The molecule has 1 heterocycles. The Bertz CT molecular complexity index is 458. The van der Waals surface area contributed by atoms with E-state index in [1.165, 1.54) is 0 Å². The molecule has 19 heavy (non-hydrogen) atoms. The number of carbonyl (C=O) groups is 1. The van der Waals surface area contributed by atoms with Gasteiger partial charge in [0.05, 0.1) is 13.2 Å². The molecule has 0 atom stereocenters. The van der Waals surface area contributed by atoms with Gasteiger partial charge in [-0.1, -0.05) is 0 Å². The maximum absolute atomic E-state index is 11.5. The smallest absolute Gasteiger partial charge is 0.269 e. The van der Waals surface area contributed by atoms with Crippen LogP contribution in [0.1, 0.15) is 28.9 Å². The van der Waals surface area contributed by atoms with Crippen molar-refractivity contribution in [3.63, 3.8) is 0 Å². The molecule has 0 bridgehead atoms. The Balaban J connectivity index is 2.01. The highest BCUT2D eigenvalue weighted by molar-refractivity contribution is 5.92. The van der Waals surface area contributed by atoms with E-state index in [-0.39, 0.29) is 12.0 Å². The molecule has 0 spiro atoms. The number of aromatic nitrogens is 1. The summed E-state index contributed by atoms with van der Waals surface area (Å²) in [4.78, 5) is 15.6. The Morgan fingerprint density at radius 1 is 1.58 bits per heavy atom. The minimum Gasteiger partial charge on any atom is -0.496 e. The van der Waals surface area contributed by atoms with Gasteiger partial charge in [-0.05, 0) is 12.8 Å². The quantitative estimate of drug-likeness (QED) is 0.701. The highest BCUT2D eigenvalue weighted by Crippen LogP contribution is 2.22. The lowest BCUT2D eigenvalue weighted by atomic mass is 9.89. The lowest BCUT2D eigenvalue weighted by Crippen LogP contribution is -2.43. The number of hydrogen-bond donors (Lipinski definition) is 3. The molecular weight excluding hydrogens is 246 g/mol. The van der Waals surface area contributed by atoms with Gasteiger partial charge in [-0.3, -0.25) is 9.78 Å². The van der Waals surface area contributed by atoms with Crippen molar-refractivity contribution in [1.82, 2.24) is 15.6 Å². The number of rotatable bonds is 5. The highest BCUT2D eigenvalue weighted by Gasteiger charge is 2.26. The number of nitrogens with one attached hydrogen (secondary N) is 2. The van der Waals surface area contributed by atoms with Gasteiger partial charge in [0, 0.05) is 37.5 Å². The SMILES string of the molecule is CNC(=O)c1cc(OC)c(CNC2CC(O)C2)cn1. The van der Waals surface area contributed by atoms with E-state index in [1.54, 1.807) is 26.4 Å². The van der Waals surface area contributed by atoms with Crippen molar-refractivity contribution in [3.05, 3.63) is 23.5 Å². The van der Waals surface area contributed by atoms with Crippen molar-refractivity contribution >= 4 is 5.91 Å². The molecule has 1 aromatic heterocycles. The zero-order chi connectivity index (χ0) is 13.8. The predicted octanol–water partition coefficient (Wildman–Crippen LogP) is 0.0627. The average molecular weight is 265 g/mol. The van der Waals surface area contributed by atoms with Crippen LogP contribution in [0.3, 0.4) is 0 Å². The third kappa shape index (κ3) is 3.21. The van der Waals surface area contributed by atoms with Gasteiger partial charge in [0.15, 0.2) is 0 Å². The molecule has 1 saturated carbocycles. The van der Waals surface area contributed by atoms with Crippen molar-refractivity contribution in [2.75, 3.05) is 14.2 Å². The summed E-state index contributed by atoms with van der Waals surface area (Å²) >= 11 is 0. The van der Waals surface area contributed by atoms with Crippen LogP contribution >= 0.6 is 0 Å². The van der Waals surface area contributed by atoms with Gasteiger partial charge in [0.25, 0.3) is 5.91 Å². The van der Waals surface area contributed by atoms with Crippen LogP contribution < -0.4 is 15.4 Å². The number of pyridine rings is 1. The first-order chi connectivity index (χ1) is 9.13. The Morgan fingerprint density at radius 3 is 2.89 bits per heavy atom. The van der Waals surface area contributed by atoms with Crippen LogP contribution in [0.15, 0.2) is 12.3 Å². The molecule has 1 fully saturated rings. The number of nitrogens with zero attached hydrogens (tertiary/aromatic N) is 1. The standard InChI is InChI=1S/C13H19N3O3/c1-14-13(18)11-5-12(19-2)8(7-16-11)6-15-9-3-10(17)4-9/h5,7,9-10,15,17H,3-4,6H2,1-2H3,(H,14,18). The van der Waals surface area contributed by atoms with Crippen LogP contribution in [0.2, 0.25) is 0 Å². The van der Waals surface area contributed by atoms with E-state index in [9.17, 15) is 9.90 Å². The van der Waals surface area contributed by atoms with E-state index in [0.29, 0.717) is 24.0 Å². The molecule has 0 saturated heterocycles. The largest absolute Gasteiger partial charge is 0.496 e.